The van der Waals surface area contributed by atoms with Crippen molar-refractivity contribution in [3.8, 4) is 5.75 Å². The molecule has 0 aliphatic carbocycles. The molecule has 1 heterocycles. The minimum Gasteiger partial charge on any atom is -0.434 e. The highest BCUT2D eigenvalue weighted by Gasteiger charge is 2.30. The number of carbonyl (C=O) groups is 1. The molecule has 3 rings (SSSR count). The first-order valence-corrected chi connectivity index (χ1v) is 10.1. The van der Waals surface area contributed by atoms with Crippen molar-refractivity contribution >= 4 is 41.3 Å². The number of fused-ring (bicyclic) bond motifs is 1. The van der Waals surface area contributed by atoms with Crippen LogP contribution in [0.4, 0.5) is 4.79 Å². The van der Waals surface area contributed by atoms with Crippen LogP contribution in [-0.2, 0) is 4.74 Å². The molecule has 1 aliphatic rings. The second-order valence-corrected chi connectivity index (χ2v) is 10.0. The third-order valence-corrected chi connectivity index (χ3v) is 6.58. The van der Waals surface area contributed by atoms with Crippen molar-refractivity contribution in [2.24, 2.45) is 0 Å². The average Bonchev–Trinajstić information content (AvgIpc) is 2.89. The quantitative estimate of drug-likeness (QED) is 0.331. The van der Waals surface area contributed by atoms with E-state index in [1.54, 1.807) is 19.1 Å². The molecule has 0 saturated heterocycles. The van der Waals surface area contributed by atoms with E-state index in [-0.39, 0.29) is 4.08 Å². The molecular formula is C21H22O3S2. The molecule has 0 radical (unpaired) electrons. The molecule has 2 aromatic rings. The van der Waals surface area contributed by atoms with Gasteiger partial charge in [-0.05, 0) is 68.7 Å². The maximum atomic E-state index is 11.3. The van der Waals surface area contributed by atoms with Crippen LogP contribution in [0.2, 0.25) is 0 Å². The van der Waals surface area contributed by atoms with Crippen LogP contribution < -0.4 is 4.74 Å². The molecule has 2 aromatic carbocycles. The van der Waals surface area contributed by atoms with Gasteiger partial charge in [-0.1, -0.05) is 24.3 Å². The first kappa shape index (κ1) is 18.9. The Morgan fingerprint density at radius 2 is 1.77 bits per heavy atom. The van der Waals surface area contributed by atoms with Gasteiger partial charge in [0.05, 0.1) is 10.7 Å². The molecule has 0 fully saturated rings. The second-order valence-electron chi connectivity index (χ2n) is 6.45. The molecule has 0 atom stereocenters. The van der Waals surface area contributed by atoms with Gasteiger partial charge in [0.1, 0.15) is 5.75 Å². The number of ether oxygens (including phenoxy) is 2. The van der Waals surface area contributed by atoms with E-state index < -0.39 is 6.16 Å². The maximum absolute atomic E-state index is 11.3. The van der Waals surface area contributed by atoms with Gasteiger partial charge in [0.15, 0.2) is 0 Å². The minimum absolute atomic E-state index is 0.202. The van der Waals surface area contributed by atoms with Gasteiger partial charge >= 0.3 is 6.16 Å². The minimum atomic E-state index is -0.677. The van der Waals surface area contributed by atoms with E-state index in [4.69, 9.17) is 9.47 Å². The summed E-state index contributed by atoms with van der Waals surface area (Å²) in [7, 11) is 0. The van der Waals surface area contributed by atoms with Crippen LogP contribution >= 0.6 is 23.5 Å². The summed E-state index contributed by atoms with van der Waals surface area (Å²) in [5.41, 5.74) is 3.48. The molecule has 0 amide bonds. The van der Waals surface area contributed by atoms with Crippen molar-refractivity contribution in [1.82, 2.24) is 0 Å². The lowest BCUT2D eigenvalue weighted by molar-refractivity contribution is 0.104. The molecule has 26 heavy (non-hydrogen) atoms. The Morgan fingerprint density at radius 1 is 1.08 bits per heavy atom. The van der Waals surface area contributed by atoms with E-state index in [1.807, 2.05) is 35.7 Å². The lowest BCUT2D eigenvalue weighted by Crippen LogP contribution is -2.09. The first-order chi connectivity index (χ1) is 12.4. The Kier molecular flexibility index (Phi) is 5.68. The van der Waals surface area contributed by atoms with Crippen LogP contribution in [0.15, 0.2) is 52.3 Å². The van der Waals surface area contributed by atoms with Crippen molar-refractivity contribution in [1.29, 1.82) is 0 Å². The van der Waals surface area contributed by atoms with Crippen molar-refractivity contribution in [3.63, 3.8) is 0 Å². The predicted molar refractivity (Wildman–Crippen MR) is 110 cm³/mol. The van der Waals surface area contributed by atoms with Crippen molar-refractivity contribution in [2.45, 2.75) is 41.6 Å². The lowest BCUT2D eigenvalue weighted by Gasteiger charge is -2.12. The Morgan fingerprint density at radius 3 is 2.46 bits per heavy atom. The summed E-state index contributed by atoms with van der Waals surface area (Å²) in [6, 6.07) is 14.1. The maximum Gasteiger partial charge on any atom is 0.513 e. The van der Waals surface area contributed by atoms with Crippen LogP contribution in [0, 0.1) is 0 Å². The summed E-state index contributed by atoms with van der Waals surface area (Å²) in [6.45, 7) is 8.67. The zero-order chi connectivity index (χ0) is 18.7. The fraction of sp³-hybridized carbons (Fsp3) is 0.286. The van der Waals surface area contributed by atoms with Gasteiger partial charge in [0, 0.05) is 9.79 Å². The number of hydrogen-bond acceptors (Lipinski definition) is 5. The Bertz CT molecular complexity index is 839. The average molecular weight is 387 g/mol. The van der Waals surface area contributed by atoms with Crippen LogP contribution in [0.25, 0.3) is 11.6 Å². The summed E-state index contributed by atoms with van der Waals surface area (Å²) < 4.78 is 10.1. The Hall–Kier alpha value is -1.85. The van der Waals surface area contributed by atoms with E-state index in [9.17, 15) is 4.79 Å². The van der Waals surface area contributed by atoms with E-state index in [0.717, 1.165) is 5.56 Å². The molecule has 5 heteroatoms. The van der Waals surface area contributed by atoms with E-state index in [1.165, 1.54) is 20.9 Å². The third kappa shape index (κ3) is 4.65. The number of thioether (sulfide) groups is 2. The number of carbonyl (C=O) groups excluding carboxylic acids is 1. The molecule has 136 valence electrons. The van der Waals surface area contributed by atoms with Crippen LogP contribution in [-0.4, -0.2) is 16.8 Å². The highest BCUT2D eigenvalue weighted by atomic mass is 32.2. The summed E-state index contributed by atoms with van der Waals surface area (Å²) in [5, 5.41) is 0. The summed E-state index contributed by atoms with van der Waals surface area (Å²) in [4.78, 5) is 14.0. The molecule has 1 aliphatic heterocycles. The van der Waals surface area contributed by atoms with Crippen molar-refractivity contribution in [2.75, 3.05) is 6.61 Å². The summed E-state index contributed by atoms with van der Waals surface area (Å²) in [5.74, 6) is 0.478. The van der Waals surface area contributed by atoms with Crippen LogP contribution in [0.5, 0.6) is 5.75 Å². The largest absolute Gasteiger partial charge is 0.513 e. The van der Waals surface area contributed by atoms with Gasteiger partial charge < -0.3 is 9.47 Å². The number of hydrogen-bond donors (Lipinski definition) is 0. The molecule has 0 N–H and O–H groups in total. The summed E-state index contributed by atoms with van der Waals surface area (Å²) in [6.07, 6.45) is 1.46. The van der Waals surface area contributed by atoms with Gasteiger partial charge in [0.25, 0.3) is 0 Å². The first-order valence-electron chi connectivity index (χ1n) is 8.52. The van der Waals surface area contributed by atoms with E-state index >= 15 is 0 Å². The number of allylic oxidation sites excluding steroid dienone is 1. The van der Waals surface area contributed by atoms with Crippen molar-refractivity contribution in [3.05, 3.63) is 53.6 Å². The van der Waals surface area contributed by atoms with Crippen LogP contribution in [0.1, 0.15) is 38.8 Å². The van der Waals surface area contributed by atoms with Gasteiger partial charge in [0.2, 0.25) is 0 Å². The Balaban J connectivity index is 1.73. The zero-order valence-corrected chi connectivity index (χ0v) is 17.0. The monoisotopic (exact) mass is 386 g/mol. The fourth-order valence-corrected chi connectivity index (χ4v) is 5.34. The van der Waals surface area contributed by atoms with E-state index in [2.05, 4.69) is 45.0 Å². The number of rotatable bonds is 4. The standard InChI is InChI=1S/C21H22O3S2/c1-5-23-20(22)24-17-9-6-15(7-10-17)12-14(2)16-8-11-18-19(13-16)26-21(3,4)25-18/h6-13H,5H2,1-4H3. The topological polar surface area (TPSA) is 35.5 Å². The molecule has 0 saturated carbocycles. The van der Waals surface area contributed by atoms with Gasteiger partial charge in [-0.2, -0.15) is 0 Å². The Labute approximate surface area is 163 Å². The highest BCUT2D eigenvalue weighted by molar-refractivity contribution is 8.20. The molecule has 3 nitrogen and oxygen atoms in total. The normalized spacial score (nSPS) is 15.5. The van der Waals surface area contributed by atoms with Gasteiger partial charge in [-0.25, -0.2) is 4.79 Å². The molecule has 0 spiro atoms. The number of benzene rings is 2. The smallest absolute Gasteiger partial charge is 0.434 e. The van der Waals surface area contributed by atoms with Crippen LogP contribution in [0.3, 0.4) is 0 Å². The molecule has 0 bridgehead atoms. The second kappa shape index (κ2) is 7.80. The SMILES string of the molecule is CCOC(=O)Oc1ccc(C=C(C)c2ccc3c(c2)SC(C)(C)S3)cc1. The fourth-order valence-electron chi connectivity index (χ4n) is 2.68. The zero-order valence-electron chi connectivity index (χ0n) is 15.4. The molecule has 0 aromatic heterocycles. The van der Waals surface area contributed by atoms with Gasteiger partial charge in [-0.15, -0.1) is 23.5 Å². The predicted octanol–water partition coefficient (Wildman–Crippen LogP) is 6.72. The summed E-state index contributed by atoms with van der Waals surface area (Å²) >= 11 is 3.84. The van der Waals surface area contributed by atoms with Crippen molar-refractivity contribution < 1.29 is 14.3 Å². The van der Waals surface area contributed by atoms with E-state index in [0.29, 0.717) is 12.4 Å². The third-order valence-electron chi connectivity index (χ3n) is 3.84. The molecule has 0 unspecified atom stereocenters. The lowest BCUT2D eigenvalue weighted by atomic mass is 10.0. The molecular weight excluding hydrogens is 364 g/mol. The highest BCUT2D eigenvalue weighted by Crippen LogP contribution is 2.55. The van der Waals surface area contributed by atoms with Gasteiger partial charge in [-0.3, -0.25) is 0 Å².